The summed E-state index contributed by atoms with van der Waals surface area (Å²) in [6.45, 7) is 4.00. The molecule has 0 aromatic heterocycles. The van der Waals surface area contributed by atoms with Crippen LogP contribution in [0.5, 0.6) is 0 Å². The van der Waals surface area contributed by atoms with Crippen LogP contribution in [0.15, 0.2) is 0 Å². The Morgan fingerprint density at radius 2 is 2.19 bits per heavy atom. The van der Waals surface area contributed by atoms with Crippen molar-refractivity contribution in [3.63, 3.8) is 0 Å². The van der Waals surface area contributed by atoms with Gasteiger partial charge in [0, 0.05) is 19.5 Å². The fourth-order valence-corrected chi connectivity index (χ4v) is 2.47. The van der Waals surface area contributed by atoms with Gasteiger partial charge >= 0.3 is 0 Å². The van der Waals surface area contributed by atoms with Crippen molar-refractivity contribution in [2.75, 3.05) is 7.05 Å². The largest absolute Gasteiger partial charge is 0.393 e. The number of carbonyl (C=O) groups is 1. The summed E-state index contributed by atoms with van der Waals surface area (Å²) in [6, 6.07) is 0.422. The van der Waals surface area contributed by atoms with Crippen LogP contribution >= 0.6 is 0 Å². The summed E-state index contributed by atoms with van der Waals surface area (Å²) in [4.78, 5) is 13.8. The third kappa shape index (κ3) is 4.12. The van der Waals surface area contributed by atoms with E-state index in [1.165, 1.54) is 12.8 Å². The van der Waals surface area contributed by atoms with E-state index in [4.69, 9.17) is 5.11 Å². The lowest BCUT2D eigenvalue weighted by molar-refractivity contribution is -0.133. The Morgan fingerprint density at radius 3 is 2.75 bits per heavy atom. The highest BCUT2D eigenvalue weighted by Gasteiger charge is 2.25. The van der Waals surface area contributed by atoms with Gasteiger partial charge in [-0.3, -0.25) is 4.79 Å². The number of aliphatic hydroxyl groups excluding tert-OH is 1. The van der Waals surface area contributed by atoms with Crippen LogP contribution in [0.25, 0.3) is 0 Å². The standard InChI is InChI=1S/C13H25NO2/c1-10-5-4-6-12(9-10)14(3)13(16)8-7-11(2)15/h10-12,15H,4-9H2,1-3H3. The molecule has 0 aromatic carbocycles. The lowest BCUT2D eigenvalue weighted by Gasteiger charge is -2.34. The Labute approximate surface area is 98.8 Å². The molecule has 0 radical (unpaired) electrons. The molecular weight excluding hydrogens is 202 g/mol. The average Bonchev–Trinajstić information content (AvgIpc) is 2.24. The van der Waals surface area contributed by atoms with Gasteiger partial charge in [0.2, 0.25) is 5.91 Å². The molecule has 0 aromatic rings. The normalized spacial score (nSPS) is 27.5. The van der Waals surface area contributed by atoms with Crippen LogP contribution in [0.1, 0.15) is 52.4 Å². The molecule has 1 saturated carbocycles. The zero-order valence-electron chi connectivity index (χ0n) is 10.8. The number of carbonyl (C=O) groups excluding carboxylic acids is 1. The molecule has 1 amide bonds. The van der Waals surface area contributed by atoms with Gasteiger partial charge in [0.05, 0.1) is 6.10 Å². The number of hydrogen-bond acceptors (Lipinski definition) is 2. The minimum absolute atomic E-state index is 0.181. The predicted octanol–water partition coefficient (Wildman–Crippen LogP) is 2.18. The van der Waals surface area contributed by atoms with Crippen molar-refractivity contribution < 1.29 is 9.90 Å². The lowest BCUT2D eigenvalue weighted by atomic mass is 9.86. The van der Waals surface area contributed by atoms with Crippen molar-refractivity contribution in [3.8, 4) is 0 Å². The van der Waals surface area contributed by atoms with Gasteiger partial charge < -0.3 is 10.0 Å². The highest BCUT2D eigenvalue weighted by Crippen LogP contribution is 2.27. The van der Waals surface area contributed by atoms with Gasteiger partial charge in [0.15, 0.2) is 0 Å². The molecule has 0 saturated heterocycles. The summed E-state index contributed by atoms with van der Waals surface area (Å²) in [5, 5.41) is 9.16. The molecule has 3 heteroatoms. The Morgan fingerprint density at radius 1 is 1.50 bits per heavy atom. The Kier molecular flexibility index (Phi) is 5.26. The molecule has 1 N–H and O–H groups in total. The van der Waals surface area contributed by atoms with Crippen molar-refractivity contribution in [1.29, 1.82) is 0 Å². The van der Waals surface area contributed by atoms with Crippen LogP contribution in [-0.4, -0.2) is 35.1 Å². The van der Waals surface area contributed by atoms with Crippen molar-refractivity contribution in [3.05, 3.63) is 0 Å². The van der Waals surface area contributed by atoms with E-state index in [9.17, 15) is 4.79 Å². The minimum Gasteiger partial charge on any atom is -0.393 e. The van der Waals surface area contributed by atoms with E-state index >= 15 is 0 Å². The molecule has 1 rings (SSSR count). The molecule has 0 heterocycles. The monoisotopic (exact) mass is 227 g/mol. The number of aliphatic hydroxyl groups is 1. The Bertz CT molecular complexity index is 228. The zero-order chi connectivity index (χ0) is 12.1. The number of rotatable bonds is 4. The summed E-state index contributed by atoms with van der Waals surface area (Å²) in [5.41, 5.74) is 0. The van der Waals surface area contributed by atoms with E-state index < -0.39 is 0 Å². The Hall–Kier alpha value is -0.570. The summed E-state index contributed by atoms with van der Waals surface area (Å²) >= 11 is 0. The van der Waals surface area contributed by atoms with Crippen LogP contribution in [-0.2, 0) is 4.79 Å². The van der Waals surface area contributed by atoms with Gasteiger partial charge in [-0.25, -0.2) is 0 Å². The number of hydrogen-bond donors (Lipinski definition) is 1. The lowest BCUT2D eigenvalue weighted by Crippen LogP contribution is -2.39. The maximum absolute atomic E-state index is 11.9. The summed E-state index contributed by atoms with van der Waals surface area (Å²) in [6.07, 6.45) is 5.48. The molecule has 3 unspecified atom stereocenters. The number of amides is 1. The maximum atomic E-state index is 11.9. The fraction of sp³-hybridized carbons (Fsp3) is 0.923. The van der Waals surface area contributed by atoms with E-state index in [1.54, 1.807) is 6.92 Å². The summed E-state index contributed by atoms with van der Waals surface area (Å²) in [7, 11) is 1.91. The van der Waals surface area contributed by atoms with Gasteiger partial charge in [-0.1, -0.05) is 19.8 Å². The third-order valence-corrected chi connectivity index (χ3v) is 3.63. The first kappa shape index (κ1) is 13.5. The van der Waals surface area contributed by atoms with E-state index in [-0.39, 0.29) is 12.0 Å². The first-order valence-corrected chi connectivity index (χ1v) is 6.44. The van der Waals surface area contributed by atoms with Crippen LogP contribution in [0, 0.1) is 5.92 Å². The van der Waals surface area contributed by atoms with Gasteiger partial charge in [-0.15, -0.1) is 0 Å². The summed E-state index contributed by atoms with van der Waals surface area (Å²) in [5.74, 6) is 0.922. The quantitative estimate of drug-likeness (QED) is 0.799. The SMILES string of the molecule is CC(O)CCC(=O)N(C)C1CCCC(C)C1. The molecule has 3 atom stereocenters. The van der Waals surface area contributed by atoms with Gasteiger partial charge in [0.25, 0.3) is 0 Å². The van der Waals surface area contributed by atoms with Crippen LogP contribution in [0.2, 0.25) is 0 Å². The van der Waals surface area contributed by atoms with Crippen molar-refractivity contribution in [1.82, 2.24) is 4.90 Å². The van der Waals surface area contributed by atoms with Crippen LogP contribution in [0.4, 0.5) is 0 Å². The predicted molar refractivity (Wildman–Crippen MR) is 65.1 cm³/mol. The smallest absolute Gasteiger partial charge is 0.222 e. The average molecular weight is 227 g/mol. The molecule has 0 bridgehead atoms. The highest BCUT2D eigenvalue weighted by molar-refractivity contribution is 5.76. The second-order valence-electron chi connectivity index (χ2n) is 5.32. The van der Waals surface area contributed by atoms with Crippen molar-refractivity contribution in [2.45, 2.75) is 64.5 Å². The first-order valence-electron chi connectivity index (χ1n) is 6.44. The molecule has 0 aliphatic heterocycles. The first-order chi connectivity index (χ1) is 7.50. The second kappa shape index (κ2) is 6.24. The molecule has 1 aliphatic rings. The molecule has 1 fully saturated rings. The highest BCUT2D eigenvalue weighted by atomic mass is 16.3. The van der Waals surface area contributed by atoms with E-state index in [0.29, 0.717) is 18.9 Å². The van der Waals surface area contributed by atoms with Gasteiger partial charge in [0.1, 0.15) is 0 Å². The second-order valence-corrected chi connectivity index (χ2v) is 5.32. The summed E-state index contributed by atoms with van der Waals surface area (Å²) < 4.78 is 0. The molecule has 16 heavy (non-hydrogen) atoms. The van der Waals surface area contributed by atoms with Gasteiger partial charge in [-0.2, -0.15) is 0 Å². The van der Waals surface area contributed by atoms with E-state index in [1.807, 2.05) is 11.9 Å². The molecule has 94 valence electrons. The van der Waals surface area contributed by atoms with Crippen molar-refractivity contribution in [2.24, 2.45) is 5.92 Å². The molecular formula is C13H25NO2. The molecule has 0 spiro atoms. The third-order valence-electron chi connectivity index (χ3n) is 3.63. The van der Waals surface area contributed by atoms with Crippen LogP contribution in [0.3, 0.4) is 0 Å². The number of nitrogens with zero attached hydrogens (tertiary/aromatic N) is 1. The molecule has 3 nitrogen and oxygen atoms in total. The van der Waals surface area contributed by atoms with E-state index in [2.05, 4.69) is 6.92 Å². The molecule has 1 aliphatic carbocycles. The van der Waals surface area contributed by atoms with Crippen molar-refractivity contribution >= 4 is 5.91 Å². The Balaban J connectivity index is 2.37. The fourth-order valence-electron chi connectivity index (χ4n) is 2.47. The van der Waals surface area contributed by atoms with Crippen LogP contribution < -0.4 is 0 Å². The topological polar surface area (TPSA) is 40.5 Å². The van der Waals surface area contributed by atoms with E-state index in [0.717, 1.165) is 18.8 Å². The minimum atomic E-state index is -0.373. The van der Waals surface area contributed by atoms with Gasteiger partial charge in [-0.05, 0) is 32.1 Å². The zero-order valence-corrected chi connectivity index (χ0v) is 10.8. The maximum Gasteiger partial charge on any atom is 0.222 e.